The fourth-order valence-corrected chi connectivity index (χ4v) is 2.97. The molecule has 0 radical (unpaired) electrons. The van der Waals surface area contributed by atoms with Gasteiger partial charge >= 0.3 is 5.97 Å². The van der Waals surface area contributed by atoms with Gasteiger partial charge in [-0.15, -0.1) is 0 Å². The van der Waals surface area contributed by atoms with Crippen molar-refractivity contribution in [1.82, 2.24) is 5.32 Å². The van der Waals surface area contributed by atoms with Crippen molar-refractivity contribution >= 4 is 22.6 Å². The zero-order valence-electron chi connectivity index (χ0n) is 14.6. The van der Waals surface area contributed by atoms with E-state index in [2.05, 4.69) is 5.32 Å². The summed E-state index contributed by atoms with van der Waals surface area (Å²) in [6.45, 7) is 0. The number of fused-ring (bicyclic) bond motifs is 1. The molecule has 0 aromatic heterocycles. The Hall–Kier alpha value is -3.14. The van der Waals surface area contributed by atoms with Crippen LogP contribution in [-0.2, 0) is 20.7 Å². The van der Waals surface area contributed by atoms with Gasteiger partial charge in [0.2, 0.25) is 5.91 Å². The lowest BCUT2D eigenvalue weighted by Gasteiger charge is -2.18. The van der Waals surface area contributed by atoms with Crippen LogP contribution >= 0.6 is 0 Å². The van der Waals surface area contributed by atoms with Gasteiger partial charge in [0, 0.05) is 0 Å². The van der Waals surface area contributed by atoms with E-state index in [4.69, 9.17) is 4.74 Å². The molecule has 3 aromatic rings. The zero-order valence-corrected chi connectivity index (χ0v) is 14.6. The van der Waals surface area contributed by atoms with Gasteiger partial charge in [-0.25, -0.2) is 0 Å². The Bertz CT molecular complexity index is 905. The number of benzene rings is 3. The van der Waals surface area contributed by atoms with Crippen LogP contribution in [0.5, 0.6) is 0 Å². The Morgan fingerprint density at radius 2 is 1.62 bits per heavy atom. The number of methoxy groups -OCH3 is 1. The molecule has 0 fully saturated rings. The topological polar surface area (TPSA) is 55.4 Å². The van der Waals surface area contributed by atoms with Crippen LogP contribution in [0.2, 0.25) is 0 Å². The third-order valence-electron chi connectivity index (χ3n) is 4.31. The standard InChI is InChI=1S/C22H21NO3/c1-26-22(25)15-20(18-8-3-2-4-9-18)23-21(24)14-16-11-12-17-7-5-6-10-19(17)13-16/h2-13,20H,14-15H2,1H3,(H,23,24). The predicted octanol–water partition coefficient (Wildman–Crippen LogP) is 3.80. The number of rotatable bonds is 6. The second-order valence-electron chi connectivity index (χ2n) is 6.17. The summed E-state index contributed by atoms with van der Waals surface area (Å²) in [5.74, 6) is -0.483. The van der Waals surface area contributed by atoms with E-state index in [9.17, 15) is 9.59 Å². The molecule has 1 unspecified atom stereocenters. The SMILES string of the molecule is COC(=O)CC(NC(=O)Cc1ccc2ccccc2c1)c1ccccc1. The Balaban J connectivity index is 1.73. The number of nitrogens with one attached hydrogen (secondary N) is 1. The van der Waals surface area contributed by atoms with Crippen molar-refractivity contribution < 1.29 is 14.3 Å². The number of ether oxygens (including phenoxy) is 1. The monoisotopic (exact) mass is 347 g/mol. The molecule has 26 heavy (non-hydrogen) atoms. The molecule has 0 heterocycles. The highest BCUT2D eigenvalue weighted by Gasteiger charge is 2.19. The molecule has 1 N–H and O–H groups in total. The Labute approximate surface area is 152 Å². The Morgan fingerprint density at radius 1 is 0.923 bits per heavy atom. The van der Waals surface area contributed by atoms with Gasteiger partial charge in [-0.2, -0.15) is 0 Å². The average Bonchev–Trinajstić information content (AvgIpc) is 2.68. The summed E-state index contributed by atoms with van der Waals surface area (Å²) < 4.78 is 4.76. The second kappa shape index (κ2) is 8.30. The van der Waals surface area contributed by atoms with Gasteiger partial charge in [0.25, 0.3) is 0 Å². The minimum atomic E-state index is -0.406. The largest absolute Gasteiger partial charge is 0.469 e. The van der Waals surface area contributed by atoms with E-state index in [1.54, 1.807) is 0 Å². The maximum atomic E-state index is 12.5. The van der Waals surface area contributed by atoms with Crippen LogP contribution in [0, 0.1) is 0 Å². The van der Waals surface area contributed by atoms with Crippen molar-refractivity contribution in [3.8, 4) is 0 Å². The highest BCUT2D eigenvalue weighted by atomic mass is 16.5. The second-order valence-corrected chi connectivity index (χ2v) is 6.17. The van der Waals surface area contributed by atoms with Gasteiger partial charge in [0.05, 0.1) is 26.0 Å². The highest BCUT2D eigenvalue weighted by molar-refractivity contribution is 5.85. The molecule has 0 bridgehead atoms. The Kier molecular flexibility index (Phi) is 5.64. The van der Waals surface area contributed by atoms with E-state index in [1.807, 2.05) is 72.8 Å². The molecule has 4 heteroatoms. The minimum absolute atomic E-state index is 0.101. The molecule has 0 saturated carbocycles. The summed E-state index contributed by atoms with van der Waals surface area (Å²) in [5, 5.41) is 5.20. The van der Waals surface area contributed by atoms with Gasteiger partial charge < -0.3 is 10.1 Å². The summed E-state index contributed by atoms with van der Waals surface area (Å²) in [6, 6.07) is 23.1. The maximum absolute atomic E-state index is 12.5. The lowest BCUT2D eigenvalue weighted by atomic mass is 10.0. The van der Waals surface area contributed by atoms with Crippen LogP contribution in [0.25, 0.3) is 10.8 Å². The van der Waals surface area contributed by atoms with E-state index in [-0.39, 0.29) is 24.7 Å². The number of carbonyl (C=O) groups is 2. The Morgan fingerprint density at radius 3 is 2.35 bits per heavy atom. The van der Waals surface area contributed by atoms with Gasteiger partial charge in [0.15, 0.2) is 0 Å². The normalized spacial score (nSPS) is 11.7. The van der Waals surface area contributed by atoms with Crippen LogP contribution in [0.3, 0.4) is 0 Å². The first kappa shape index (κ1) is 17.7. The highest BCUT2D eigenvalue weighted by Crippen LogP contribution is 2.19. The molecule has 132 valence electrons. The number of hydrogen-bond acceptors (Lipinski definition) is 3. The van der Waals surface area contributed by atoms with Crippen LogP contribution in [0.1, 0.15) is 23.6 Å². The molecule has 0 aliphatic heterocycles. The third kappa shape index (κ3) is 4.48. The van der Waals surface area contributed by atoms with Crippen LogP contribution in [-0.4, -0.2) is 19.0 Å². The minimum Gasteiger partial charge on any atom is -0.469 e. The van der Waals surface area contributed by atoms with Crippen molar-refractivity contribution in [2.75, 3.05) is 7.11 Å². The fourth-order valence-electron chi connectivity index (χ4n) is 2.97. The molecule has 4 nitrogen and oxygen atoms in total. The lowest BCUT2D eigenvalue weighted by molar-refractivity contribution is -0.141. The number of esters is 1. The van der Waals surface area contributed by atoms with Crippen LogP contribution in [0.4, 0.5) is 0 Å². The summed E-state index contributed by atoms with van der Waals surface area (Å²) in [7, 11) is 1.35. The first-order chi connectivity index (χ1) is 12.7. The van der Waals surface area contributed by atoms with E-state index in [1.165, 1.54) is 7.11 Å². The summed E-state index contributed by atoms with van der Waals surface area (Å²) >= 11 is 0. The number of hydrogen-bond donors (Lipinski definition) is 1. The summed E-state index contributed by atoms with van der Waals surface area (Å²) in [6.07, 6.45) is 0.360. The molecule has 1 amide bonds. The number of amides is 1. The molecule has 0 spiro atoms. The molecule has 0 saturated heterocycles. The summed E-state index contributed by atoms with van der Waals surface area (Å²) in [5.41, 5.74) is 1.82. The van der Waals surface area contributed by atoms with Crippen molar-refractivity contribution in [2.24, 2.45) is 0 Å². The zero-order chi connectivity index (χ0) is 18.4. The van der Waals surface area contributed by atoms with Crippen molar-refractivity contribution in [3.63, 3.8) is 0 Å². The first-order valence-corrected chi connectivity index (χ1v) is 8.54. The van der Waals surface area contributed by atoms with Crippen LogP contribution in [0.15, 0.2) is 72.8 Å². The van der Waals surface area contributed by atoms with Crippen LogP contribution < -0.4 is 5.32 Å². The molecule has 3 rings (SSSR count). The predicted molar refractivity (Wildman–Crippen MR) is 102 cm³/mol. The van der Waals surface area contributed by atoms with E-state index in [0.29, 0.717) is 0 Å². The van der Waals surface area contributed by atoms with Gasteiger partial charge in [0.1, 0.15) is 0 Å². The molecule has 1 atom stereocenters. The fraction of sp³-hybridized carbons (Fsp3) is 0.182. The van der Waals surface area contributed by atoms with E-state index < -0.39 is 6.04 Å². The number of carbonyl (C=O) groups excluding carboxylic acids is 2. The quantitative estimate of drug-likeness (QED) is 0.690. The van der Waals surface area contributed by atoms with Gasteiger partial charge in [-0.1, -0.05) is 72.8 Å². The van der Waals surface area contributed by atoms with Crippen molar-refractivity contribution in [2.45, 2.75) is 18.9 Å². The van der Waals surface area contributed by atoms with E-state index >= 15 is 0 Å². The van der Waals surface area contributed by atoms with Crippen molar-refractivity contribution in [3.05, 3.63) is 83.9 Å². The maximum Gasteiger partial charge on any atom is 0.307 e. The molecule has 0 aliphatic rings. The smallest absolute Gasteiger partial charge is 0.307 e. The molecule has 0 aliphatic carbocycles. The molecular formula is C22H21NO3. The first-order valence-electron chi connectivity index (χ1n) is 8.54. The summed E-state index contributed by atoms with van der Waals surface area (Å²) in [4.78, 5) is 24.2. The lowest BCUT2D eigenvalue weighted by Crippen LogP contribution is -2.31. The molecular weight excluding hydrogens is 326 g/mol. The van der Waals surface area contributed by atoms with E-state index in [0.717, 1.165) is 21.9 Å². The average molecular weight is 347 g/mol. The van der Waals surface area contributed by atoms with Gasteiger partial charge in [-0.05, 0) is 21.9 Å². The third-order valence-corrected chi connectivity index (χ3v) is 4.31. The molecule has 3 aromatic carbocycles. The van der Waals surface area contributed by atoms with Crippen molar-refractivity contribution in [1.29, 1.82) is 0 Å². The van der Waals surface area contributed by atoms with Gasteiger partial charge in [-0.3, -0.25) is 9.59 Å².